The Bertz CT molecular complexity index is 391. The minimum atomic E-state index is -0.111. The number of esters is 1. The Kier molecular flexibility index (Phi) is 4.18. The van der Waals surface area contributed by atoms with Crippen molar-refractivity contribution in [2.45, 2.75) is 25.4 Å². The lowest BCUT2D eigenvalue weighted by Crippen LogP contribution is -2.36. The van der Waals surface area contributed by atoms with Crippen molar-refractivity contribution in [3.8, 4) is 0 Å². The molecule has 17 heavy (non-hydrogen) atoms. The van der Waals surface area contributed by atoms with Gasteiger partial charge in [-0.15, -0.1) is 0 Å². The number of hydrogen-bond acceptors (Lipinski definition) is 3. The molecule has 1 aromatic rings. The summed E-state index contributed by atoms with van der Waals surface area (Å²) in [4.78, 5) is 13.8. The van der Waals surface area contributed by atoms with Crippen molar-refractivity contribution in [1.82, 2.24) is 4.90 Å². The topological polar surface area (TPSA) is 29.5 Å². The highest BCUT2D eigenvalue weighted by Gasteiger charge is 2.31. The van der Waals surface area contributed by atoms with Gasteiger partial charge in [-0.2, -0.15) is 0 Å². The lowest BCUT2D eigenvalue weighted by Gasteiger charge is -2.22. The van der Waals surface area contributed by atoms with E-state index in [4.69, 9.17) is 4.74 Å². The van der Waals surface area contributed by atoms with Crippen molar-refractivity contribution >= 4 is 21.9 Å². The fraction of sp³-hybridized carbons (Fsp3) is 0.462. The molecule has 1 atom stereocenters. The van der Waals surface area contributed by atoms with E-state index in [0.29, 0.717) is 0 Å². The van der Waals surface area contributed by atoms with E-state index >= 15 is 0 Å². The van der Waals surface area contributed by atoms with Gasteiger partial charge in [-0.25, -0.2) is 0 Å². The van der Waals surface area contributed by atoms with E-state index in [2.05, 4.69) is 33.0 Å². The molecule has 1 saturated heterocycles. The van der Waals surface area contributed by atoms with E-state index in [9.17, 15) is 4.79 Å². The molecule has 1 aliphatic heterocycles. The lowest BCUT2D eigenvalue weighted by molar-refractivity contribution is -0.146. The van der Waals surface area contributed by atoms with Crippen LogP contribution in [0.1, 0.15) is 18.4 Å². The maximum atomic E-state index is 11.6. The van der Waals surface area contributed by atoms with Crippen LogP contribution in [0.25, 0.3) is 0 Å². The van der Waals surface area contributed by atoms with Crippen LogP contribution in [0.4, 0.5) is 0 Å². The van der Waals surface area contributed by atoms with E-state index in [-0.39, 0.29) is 12.0 Å². The van der Waals surface area contributed by atoms with Gasteiger partial charge >= 0.3 is 5.97 Å². The first kappa shape index (κ1) is 12.6. The average Bonchev–Trinajstić information content (AvgIpc) is 2.79. The number of halogens is 1. The third kappa shape index (κ3) is 3.07. The maximum absolute atomic E-state index is 11.6. The van der Waals surface area contributed by atoms with Gasteiger partial charge in [-0.3, -0.25) is 9.69 Å². The Morgan fingerprint density at radius 2 is 2.18 bits per heavy atom. The Morgan fingerprint density at radius 1 is 1.47 bits per heavy atom. The smallest absolute Gasteiger partial charge is 0.323 e. The van der Waals surface area contributed by atoms with E-state index in [1.54, 1.807) is 0 Å². The van der Waals surface area contributed by atoms with E-state index < -0.39 is 0 Å². The maximum Gasteiger partial charge on any atom is 0.323 e. The number of carbonyl (C=O) groups excluding carboxylic acids is 1. The number of carbonyl (C=O) groups is 1. The van der Waals surface area contributed by atoms with E-state index in [1.165, 1.54) is 12.7 Å². The summed E-state index contributed by atoms with van der Waals surface area (Å²) in [6.07, 6.45) is 1.97. The van der Waals surface area contributed by atoms with Gasteiger partial charge in [0.2, 0.25) is 0 Å². The van der Waals surface area contributed by atoms with Crippen LogP contribution in [0, 0.1) is 0 Å². The van der Waals surface area contributed by atoms with Crippen molar-refractivity contribution in [1.29, 1.82) is 0 Å². The summed E-state index contributed by atoms with van der Waals surface area (Å²) in [7, 11) is 1.46. The quantitative estimate of drug-likeness (QED) is 0.803. The average molecular weight is 298 g/mol. The van der Waals surface area contributed by atoms with Crippen LogP contribution >= 0.6 is 15.9 Å². The molecule has 0 aromatic heterocycles. The summed E-state index contributed by atoms with van der Waals surface area (Å²) >= 11 is 3.42. The number of methoxy groups -OCH3 is 1. The van der Waals surface area contributed by atoms with Gasteiger partial charge in [0.05, 0.1) is 7.11 Å². The van der Waals surface area contributed by atoms with Crippen LogP contribution in [0.3, 0.4) is 0 Å². The van der Waals surface area contributed by atoms with Gasteiger partial charge in [0.15, 0.2) is 0 Å². The van der Waals surface area contributed by atoms with Crippen LogP contribution in [0.5, 0.6) is 0 Å². The first-order valence-corrected chi connectivity index (χ1v) is 6.56. The number of likely N-dealkylation sites (tertiary alicyclic amines) is 1. The van der Waals surface area contributed by atoms with Gasteiger partial charge in [0.25, 0.3) is 0 Å². The second-order valence-corrected chi connectivity index (χ2v) is 5.19. The molecule has 0 N–H and O–H groups in total. The number of rotatable bonds is 3. The number of ether oxygens (including phenoxy) is 1. The van der Waals surface area contributed by atoms with Gasteiger partial charge < -0.3 is 4.74 Å². The van der Waals surface area contributed by atoms with E-state index in [0.717, 1.165) is 30.4 Å². The fourth-order valence-electron chi connectivity index (χ4n) is 2.24. The zero-order valence-corrected chi connectivity index (χ0v) is 11.4. The highest BCUT2D eigenvalue weighted by molar-refractivity contribution is 9.10. The van der Waals surface area contributed by atoms with Crippen molar-refractivity contribution in [2.75, 3.05) is 13.7 Å². The first-order valence-electron chi connectivity index (χ1n) is 5.77. The summed E-state index contributed by atoms with van der Waals surface area (Å²) in [6.45, 7) is 1.78. The molecular formula is C13H16BrNO2. The fourth-order valence-corrected chi connectivity index (χ4v) is 2.51. The second kappa shape index (κ2) is 5.65. The molecule has 1 heterocycles. The molecule has 1 aliphatic rings. The Morgan fingerprint density at radius 3 is 2.82 bits per heavy atom. The minimum Gasteiger partial charge on any atom is -0.468 e. The zero-order chi connectivity index (χ0) is 12.3. The Balaban J connectivity index is 2.02. The van der Waals surface area contributed by atoms with Crippen molar-refractivity contribution in [2.24, 2.45) is 0 Å². The molecule has 4 heteroatoms. The third-order valence-corrected chi connectivity index (χ3v) is 3.66. The number of hydrogen-bond donors (Lipinski definition) is 0. The second-order valence-electron chi connectivity index (χ2n) is 4.28. The molecule has 0 saturated carbocycles. The van der Waals surface area contributed by atoms with E-state index in [1.807, 2.05) is 12.1 Å². The summed E-state index contributed by atoms with van der Waals surface area (Å²) in [5.41, 5.74) is 1.23. The van der Waals surface area contributed by atoms with Crippen LogP contribution < -0.4 is 0 Å². The molecule has 2 rings (SSSR count). The lowest BCUT2D eigenvalue weighted by atomic mass is 10.2. The molecular weight excluding hydrogens is 282 g/mol. The minimum absolute atomic E-state index is 0.0661. The summed E-state index contributed by atoms with van der Waals surface area (Å²) in [6, 6.07) is 8.15. The summed E-state index contributed by atoms with van der Waals surface area (Å²) in [5.74, 6) is -0.111. The third-order valence-electron chi connectivity index (χ3n) is 3.14. The molecule has 1 unspecified atom stereocenters. The largest absolute Gasteiger partial charge is 0.468 e. The molecule has 92 valence electrons. The zero-order valence-electron chi connectivity index (χ0n) is 9.86. The van der Waals surface area contributed by atoms with Gasteiger partial charge in [-0.1, -0.05) is 28.1 Å². The standard InChI is InChI=1S/C13H16BrNO2/c1-17-13(16)12-3-2-8-15(12)9-10-4-6-11(14)7-5-10/h4-7,12H,2-3,8-9H2,1H3. The molecule has 0 aliphatic carbocycles. The molecule has 0 amide bonds. The van der Waals surface area contributed by atoms with Gasteiger partial charge in [0, 0.05) is 11.0 Å². The highest BCUT2D eigenvalue weighted by Crippen LogP contribution is 2.21. The highest BCUT2D eigenvalue weighted by atomic mass is 79.9. The van der Waals surface area contributed by atoms with Crippen LogP contribution in [-0.4, -0.2) is 30.6 Å². The first-order chi connectivity index (χ1) is 8.20. The number of nitrogens with zero attached hydrogens (tertiary/aromatic N) is 1. The molecule has 1 fully saturated rings. The van der Waals surface area contributed by atoms with Crippen molar-refractivity contribution < 1.29 is 9.53 Å². The van der Waals surface area contributed by atoms with Gasteiger partial charge in [0.1, 0.15) is 6.04 Å². The van der Waals surface area contributed by atoms with Crippen LogP contribution in [0.2, 0.25) is 0 Å². The van der Waals surface area contributed by atoms with Gasteiger partial charge in [-0.05, 0) is 37.1 Å². The van der Waals surface area contributed by atoms with Crippen molar-refractivity contribution in [3.63, 3.8) is 0 Å². The SMILES string of the molecule is COC(=O)C1CCCN1Cc1ccc(Br)cc1. The molecule has 0 bridgehead atoms. The van der Waals surface area contributed by atoms with Crippen LogP contribution in [-0.2, 0) is 16.1 Å². The predicted octanol–water partition coefficient (Wildman–Crippen LogP) is 2.59. The summed E-state index contributed by atoms with van der Waals surface area (Å²) in [5, 5.41) is 0. The predicted molar refractivity (Wildman–Crippen MR) is 69.6 cm³/mol. The summed E-state index contributed by atoms with van der Waals surface area (Å²) < 4.78 is 5.91. The molecule has 0 radical (unpaired) electrons. The molecule has 3 nitrogen and oxygen atoms in total. The normalized spacial score (nSPS) is 20.5. The number of benzene rings is 1. The Hall–Kier alpha value is -0.870. The Labute approximate surface area is 110 Å². The monoisotopic (exact) mass is 297 g/mol. The molecule has 1 aromatic carbocycles. The van der Waals surface area contributed by atoms with Crippen LogP contribution in [0.15, 0.2) is 28.7 Å². The molecule has 0 spiro atoms. The van der Waals surface area contributed by atoms with Crippen molar-refractivity contribution in [3.05, 3.63) is 34.3 Å².